The molecule has 0 aromatic carbocycles. The van der Waals surface area contributed by atoms with Gasteiger partial charge in [-0.1, -0.05) is 56.8 Å². The molecule has 0 nitrogen and oxygen atoms in total. The molecule has 0 aromatic rings. The van der Waals surface area contributed by atoms with Gasteiger partial charge in [-0.3, -0.25) is 0 Å². The van der Waals surface area contributed by atoms with Crippen molar-refractivity contribution in [2.75, 3.05) is 0 Å². The summed E-state index contributed by atoms with van der Waals surface area (Å²) >= 11 is 9.73. The molecule has 0 aliphatic carbocycles. The van der Waals surface area contributed by atoms with Crippen LogP contribution in [0.25, 0.3) is 0 Å². The van der Waals surface area contributed by atoms with Gasteiger partial charge in [0.05, 0.1) is 0 Å². The van der Waals surface area contributed by atoms with Crippen molar-refractivity contribution in [1.82, 2.24) is 0 Å². The van der Waals surface area contributed by atoms with Crippen molar-refractivity contribution in [3.05, 3.63) is 19.3 Å². The molecule has 0 spiro atoms. The Morgan fingerprint density at radius 3 is 2.14 bits per heavy atom. The summed E-state index contributed by atoms with van der Waals surface area (Å²) in [6, 6.07) is 0. The van der Waals surface area contributed by atoms with E-state index in [1.54, 1.807) is 0 Å². The summed E-state index contributed by atoms with van der Waals surface area (Å²) in [6.45, 7) is 0. The van der Waals surface area contributed by atoms with Gasteiger partial charge in [-0.25, -0.2) is 0 Å². The van der Waals surface area contributed by atoms with Gasteiger partial charge in [-0.05, 0) is 14.2 Å². The first-order valence-electron chi connectivity index (χ1n) is 1.54. The van der Waals surface area contributed by atoms with Crippen LogP contribution in [0.3, 0.4) is 0 Å². The Hall–Kier alpha value is 1.23. The van der Waals surface area contributed by atoms with E-state index in [9.17, 15) is 0 Å². The highest BCUT2D eigenvalue weighted by Crippen LogP contribution is 2.06. The summed E-state index contributed by atoms with van der Waals surface area (Å²) < 4.78 is 3.68. The molecule has 0 bridgehead atoms. The maximum atomic E-state index is 5.53. The summed E-state index contributed by atoms with van der Waals surface area (Å²) in [5.74, 6) is 0. The van der Waals surface area contributed by atoms with Crippen LogP contribution in [0.5, 0.6) is 0 Å². The molecule has 0 rings (SSSR count). The lowest BCUT2D eigenvalue weighted by Gasteiger charge is -1.76. The summed E-state index contributed by atoms with van der Waals surface area (Å²) in [7, 11) is 0. The van der Waals surface area contributed by atoms with Crippen LogP contribution in [0.1, 0.15) is 0 Å². The molecule has 7 heavy (non-hydrogen) atoms. The normalized spacial score (nSPS) is 13.3. The molecule has 0 N–H and O–H groups in total. The molecule has 0 amide bonds. The van der Waals surface area contributed by atoms with Crippen molar-refractivity contribution >= 4 is 56.8 Å². The third-order valence-electron chi connectivity index (χ3n) is 0.326. The van der Waals surface area contributed by atoms with Gasteiger partial charge in [0.25, 0.3) is 0 Å². The molecule has 0 aromatic heterocycles. The standard InChI is InChI=1S/C4H3ClI2/c5-4(3-7)1-2-6/h1-3H/b2-1-,4-3+. The number of allylic oxidation sites excluding steroid dienone is 2. The fourth-order valence-electron chi connectivity index (χ4n) is 0.0965. The number of rotatable bonds is 1. The summed E-state index contributed by atoms with van der Waals surface area (Å²) in [5.41, 5.74) is 0. The fourth-order valence-corrected chi connectivity index (χ4v) is 0.967. The van der Waals surface area contributed by atoms with Crippen molar-refractivity contribution in [2.45, 2.75) is 0 Å². The Labute approximate surface area is 75.3 Å². The van der Waals surface area contributed by atoms with Crippen molar-refractivity contribution in [1.29, 1.82) is 0 Å². The van der Waals surface area contributed by atoms with Gasteiger partial charge >= 0.3 is 0 Å². The van der Waals surface area contributed by atoms with Crippen molar-refractivity contribution < 1.29 is 0 Å². The fraction of sp³-hybridized carbons (Fsp3) is 0. The molecule has 0 aliphatic rings. The van der Waals surface area contributed by atoms with E-state index < -0.39 is 0 Å². The van der Waals surface area contributed by atoms with Gasteiger partial charge < -0.3 is 0 Å². The summed E-state index contributed by atoms with van der Waals surface area (Å²) in [4.78, 5) is 0. The van der Waals surface area contributed by atoms with Crippen LogP contribution in [0.2, 0.25) is 0 Å². The highest BCUT2D eigenvalue weighted by molar-refractivity contribution is 14.1. The Morgan fingerprint density at radius 1 is 1.43 bits per heavy atom. The molecule has 0 heterocycles. The average Bonchev–Trinajstić information content (AvgIpc) is 1.68. The molecule has 40 valence electrons. The van der Waals surface area contributed by atoms with Crippen molar-refractivity contribution in [2.24, 2.45) is 0 Å². The van der Waals surface area contributed by atoms with Crippen molar-refractivity contribution in [3.8, 4) is 0 Å². The zero-order valence-electron chi connectivity index (χ0n) is 3.37. The Bertz CT molecular complexity index is 95.9. The van der Waals surface area contributed by atoms with Gasteiger partial charge in [-0.2, -0.15) is 0 Å². The van der Waals surface area contributed by atoms with E-state index in [-0.39, 0.29) is 0 Å². The molecule has 0 saturated carbocycles. The van der Waals surface area contributed by atoms with E-state index in [1.807, 2.05) is 14.2 Å². The quantitative estimate of drug-likeness (QED) is 0.507. The van der Waals surface area contributed by atoms with Crippen LogP contribution in [0.15, 0.2) is 19.3 Å². The number of halogens is 3. The van der Waals surface area contributed by atoms with Crippen LogP contribution in [-0.4, -0.2) is 0 Å². The lowest BCUT2D eigenvalue weighted by molar-refractivity contribution is 2.02. The van der Waals surface area contributed by atoms with E-state index in [4.69, 9.17) is 11.6 Å². The third-order valence-corrected chi connectivity index (χ3v) is 1.96. The van der Waals surface area contributed by atoms with Gasteiger partial charge in [0.15, 0.2) is 0 Å². The van der Waals surface area contributed by atoms with Crippen LogP contribution in [0.4, 0.5) is 0 Å². The molecule has 0 unspecified atom stereocenters. The maximum absolute atomic E-state index is 5.53. The second-order valence-electron chi connectivity index (χ2n) is 0.787. The Balaban J connectivity index is 3.58. The van der Waals surface area contributed by atoms with E-state index in [0.717, 1.165) is 5.03 Å². The molecule has 0 fully saturated rings. The van der Waals surface area contributed by atoms with E-state index >= 15 is 0 Å². The van der Waals surface area contributed by atoms with Gasteiger partial charge in [-0.15, -0.1) is 0 Å². The zero-order valence-corrected chi connectivity index (χ0v) is 8.44. The highest BCUT2D eigenvalue weighted by atomic mass is 127. The monoisotopic (exact) mass is 340 g/mol. The minimum Gasteiger partial charge on any atom is -0.0838 e. The minimum absolute atomic E-state index is 0.773. The first kappa shape index (κ1) is 8.23. The van der Waals surface area contributed by atoms with E-state index in [2.05, 4.69) is 45.2 Å². The van der Waals surface area contributed by atoms with Crippen LogP contribution in [-0.2, 0) is 0 Å². The highest BCUT2D eigenvalue weighted by Gasteiger charge is 1.75. The molecular formula is C4H3ClI2. The average molecular weight is 340 g/mol. The van der Waals surface area contributed by atoms with Gasteiger partial charge in [0.1, 0.15) is 0 Å². The molecule has 0 saturated heterocycles. The molecule has 3 heteroatoms. The van der Waals surface area contributed by atoms with Gasteiger partial charge in [0, 0.05) is 5.03 Å². The predicted molar refractivity (Wildman–Crippen MR) is 51.1 cm³/mol. The lowest BCUT2D eigenvalue weighted by atomic mass is 10.6. The first-order valence-corrected chi connectivity index (χ1v) is 4.41. The molecule has 0 aliphatic heterocycles. The van der Waals surface area contributed by atoms with Crippen molar-refractivity contribution in [3.63, 3.8) is 0 Å². The van der Waals surface area contributed by atoms with E-state index in [1.165, 1.54) is 0 Å². The smallest absolute Gasteiger partial charge is 0.0471 e. The van der Waals surface area contributed by atoms with Crippen LogP contribution >= 0.6 is 56.8 Å². The first-order chi connectivity index (χ1) is 3.31. The number of hydrogen-bond donors (Lipinski definition) is 0. The van der Waals surface area contributed by atoms with Crippen LogP contribution in [0, 0.1) is 0 Å². The summed E-state index contributed by atoms with van der Waals surface area (Å²) in [6.07, 6.45) is 1.83. The molecular weight excluding hydrogens is 337 g/mol. The largest absolute Gasteiger partial charge is 0.0838 e. The third kappa shape index (κ3) is 5.10. The molecule has 0 atom stereocenters. The second-order valence-corrected chi connectivity index (χ2v) is 2.57. The second kappa shape index (κ2) is 5.37. The summed E-state index contributed by atoms with van der Waals surface area (Å²) in [5, 5.41) is 0.773. The number of hydrogen-bond acceptors (Lipinski definition) is 0. The lowest BCUT2D eigenvalue weighted by Crippen LogP contribution is -1.50. The van der Waals surface area contributed by atoms with Gasteiger partial charge in [0.2, 0.25) is 0 Å². The Morgan fingerprint density at radius 2 is 2.00 bits per heavy atom. The Kier molecular flexibility index (Phi) is 6.31. The predicted octanol–water partition coefficient (Wildman–Crippen LogP) is 3.45. The minimum atomic E-state index is 0.773. The topological polar surface area (TPSA) is 0 Å². The molecule has 0 radical (unpaired) electrons. The van der Waals surface area contributed by atoms with E-state index in [0.29, 0.717) is 0 Å². The SMILES string of the molecule is ClC(/C=C\I)=C/I. The maximum Gasteiger partial charge on any atom is 0.0471 e. The zero-order chi connectivity index (χ0) is 5.70. The van der Waals surface area contributed by atoms with Crippen LogP contribution < -0.4 is 0 Å².